The number of nitrogens with one attached hydrogen (secondary N) is 1. The lowest BCUT2D eigenvalue weighted by atomic mass is 10.2. The predicted octanol–water partition coefficient (Wildman–Crippen LogP) is 2.84. The van der Waals surface area contributed by atoms with E-state index in [-0.39, 0.29) is 5.28 Å². The number of hydrogen-bond donors (Lipinski definition) is 1. The van der Waals surface area contributed by atoms with Crippen LogP contribution in [0.25, 0.3) is 17.2 Å². The van der Waals surface area contributed by atoms with Crippen molar-refractivity contribution in [2.75, 3.05) is 37.6 Å². The van der Waals surface area contributed by atoms with Gasteiger partial charge >= 0.3 is 0 Å². The van der Waals surface area contributed by atoms with E-state index in [1.807, 2.05) is 6.07 Å². The predicted molar refractivity (Wildman–Crippen MR) is 101 cm³/mol. The fraction of sp³-hybridized carbons (Fsp3) is 0.278. The third-order valence-electron chi connectivity index (χ3n) is 4.38. The molecule has 1 saturated heterocycles. The quantitative estimate of drug-likeness (QED) is 0.730. The van der Waals surface area contributed by atoms with E-state index in [1.165, 1.54) is 5.56 Å². The van der Waals surface area contributed by atoms with Crippen molar-refractivity contribution in [1.82, 2.24) is 24.8 Å². The highest BCUT2D eigenvalue weighted by Gasteiger charge is 2.21. The van der Waals surface area contributed by atoms with Crippen LogP contribution in [0.2, 0.25) is 5.28 Å². The smallest absolute Gasteiger partial charge is 0.226 e. The molecule has 1 aliphatic heterocycles. The molecule has 1 fully saturated rings. The highest BCUT2D eigenvalue weighted by Crippen LogP contribution is 2.23. The Kier molecular flexibility index (Phi) is 4.63. The normalized spacial score (nSPS) is 16.1. The minimum absolute atomic E-state index is 0.239. The summed E-state index contributed by atoms with van der Waals surface area (Å²) >= 11 is 6.03. The minimum Gasteiger partial charge on any atom is -0.352 e. The number of rotatable bonds is 4. The molecule has 0 aliphatic carbocycles. The first kappa shape index (κ1) is 16.1. The summed E-state index contributed by atoms with van der Waals surface area (Å²) in [5, 5.41) is 0.239. The lowest BCUT2D eigenvalue weighted by Crippen LogP contribution is -2.46. The summed E-state index contributed by atoms with van der Waals surface area (Å²) in [5.74, 6) is 0.840. The highest BCUT2D eigenvalue weighted by molar-refractivity contribution is 6.28. The molecule has 1 N–H and O–H groups in total. The Morgan fingerprint density at radius 3 is 2.68 bits per heavy atom. The van der Waals surface area contributed by atoms with E-state index in [1.54, 1.807) is 6.33 Å². The molecule has 0 amide bonds. The second kappa shape index (κ2) is 7.21. The van der Waals surface area contributed by atoms with Gasteiger partial charge in [0.2, 0.25) is 5.28 Å². The summed E-state index contributed by atoms with van der Waals surface area (Å²) in [4.78, 5) is 20.5. The third kappa shape index (κ3) is 3.65. The van der Waals surface area contributed by atoms with Crippen LogP contribution in [0.1, 0.15) is 5.56 Å². The number of aromatic nitrogens is 4. The largest absolute Gasteiger partial charge is 0.352 e. The van der Waals surface area contributed by atoms with Gasteiger partial charge in [-0.3, -0.25) is 4.90 Å². The van der Waals surface area contributed by atoms with Gasteiger partial charge in [0.15, 0.2) is 11.5 Å². The van der Waals surface area contributed by atoms with E-state index in [2.05, 4.69) is 66.2 Å². The van der Waals surface area contributed by atoms with Crippen LogP contribution in [0.15, 0.2) is 42.7 Å². The fourth-order valence-corrected chi connectivity index (χ4v) is 3.23. The number of halogens is 1. The number of anilines is 1. The Hall–Kier alpha value is -2.44. The number of nitrogens with zero attached hydrogens (tertiary/aromatic N) is 5. The zero-order valence-corrected chi connectivity index (χ0v) is 14.5. The van der Waals surface area contributed by atoms with Gasteiger partial charge in [-0.05, 0) is 17.2 Å². The van der Waals surface area contributed by atoms with Crippen LogP contribution >= 0.6 is 11.6 Å². The van der Waals surface area contributed by atoms with Gasteiger partial charge in [0.05, 0.1) is 6.33 Å². The number of H-pyrrole nitrogens is 1. The molecule has 2 aromatic heterocycles. The third-order valence-corrected chi connectivity index (χ3v) is 4.55. The number of fused-ring (bicyclic) bond motifs is 1. The van der Waals surface area contributed by atoms with E-state index >= 15 is 0 Å². The molecule has 1 aliphatic rings. The summed E-state index contributed by atoms with van der Waals surface area (Å²) < 4.78 is 0. The SMILES string of the molecule is Clc1nc(N2CCN(C/C=C/c3ccccc3)CC2)c2[nH]cnc2n1. The zero-order chi connectivity index (χ0) is 17.1. The standard InChI is InChI=1S/C18H19ClN6/c19-18-22-16-15(20-13-21-16)17(23-18)25-11-9-24(10-12-25)8-4-7-14-5-2-1-3-6-14/h1-7,13H,8-12H2,(H,20,21,22,23)/b7-4+. The number of imidazole rings is 1. The molecule has 0 bridgehead atoms. The molecule has 0 radical (unpaired) electrons. The first-order valence-electron chi connectivity index (χ1n) is 8.35. The minimum atomic E-state index is 0.239. The van der Waals surface area contributed by atoms with Crippen LogP contribution in [0.5, 0.6) is 0 Å². The van der Waals surface area contributed by atoms with Crippen molar-refractivity contribution in [1.29, 1.82) is 0 Å². The van der Waals surface area contributed by atoms with Crippen molar-refractivity contribution in [3.8, 4) is 0 Å². The Bertz CT molecular complexity index is 868. The molecule has 1 aromatic carbocycles. The van der Waals surface area contributed by atoms with Gasteiger partial charge in [0.25, 0.3) is 0 Å². The van der Waals surface area contributed by atoms with Crippen LogP contribution in [0.4, 0.5) is 5.82 Å². The Morgan fingerprint density at radius 1 is 1.08 bits per heavy atom. The molecule has 0 spiro atoms. The molecule has 128 valence electrons. The van der Waals surface area contributed by atoms with Gasteiger partial charge in [-0.25, -0.2) is 4.98 Å². The van der Waals surface area contributed by atoms with Crippen LogP contribution in [-0.2, 0) is 0 Å². The van der Waals surface area contributed by atoms with Gasteiger partial charge < -0.3 is 9.88 Å². The average Bonchev–Trinajstić information content (AvgIpc) is 3.11. The average molecular weight is 355 g/mol. The highest BCUT2D eigenvalue weighted by atomic mass is 35.5. The van der Waals surface area contributed by atoms with Crippen molar-refractivity contribution in [2.24, 2.45) is 0 Å². The first-order chi connectivity index (χ1) is 12.3. The summed E-state index contributed by atoms with van der Waals surface area (Å²) in [6, 6.07) is 10.4. The maximum absolute atomic E-state index is 6.03. The monoisotopic (exact) mass is 354 g/mol. The van der Waals surface area contributed by atoms with E-state index in [9.17, 15) is 0 Å². The van der Waals surface area contributed by atoms with Gasteiger partial charge in [-0.15, -0.1) is 0 Å². The second-order valence-electron chi connectivity index (χ2n) is 6.02. The molecule has 25 heavy (non-hydrogen) atoms. The van der Waals surface area contributed by atoms with Gasteiger partial charge in [-0.2, -0.15) is 9.97 Å². The van der Waals surface area contributed by atoms with Crippen LogP contribution in [0.3, 0.4) is 0 Å². The van der Waals surface area contributed by atoms with Crippen molar-refractivity contribution in [3.63, 3.8) is 0 Å². The topological polar surface area (TPSA) is 60.9 Å². The molecule has 4 rings (SSSR count). The number of aromatic amines is 1. The number of piperazine rings is 1. The van der Waals surface area contributed by atoms with Crippen LogP contribution in [0, 0.1) is 0 Å². The van der Waals surface area contributed by atoms with Crippen LogP contribution < -0.4 is 4.90 Å². The van der Waals surface area contributed by atoms with E-state index in [0.29, 0.717) is 5.65 Å². The Labute approximate surface area is 151 Å². The summed E-state index contributed by atoms with van der Waals surface area (Å²) in [6.07, 6.45) is 6.02. The summed E-state index contributed by atoms with van der Waals surface area (Å²) in [7, 11) is 0. The molecule has 7 heteroatoms. The summed E-state index contributed by atoms with van der Waals surface area (Å²) in [6.45, 7) is 4.72. The molecule has 3 aromatic rings. The van der Waals surface area contributed by atoms with Crippen LogP contribution in [-0.4, -0.2) is 57.6 Å². The second-order valence-corrected chi connectivity index (χ2v) is 6.36. The van der Waals surface area contributed by atoms with Crippen molar-refractivity contribution < 1.29 is 0 Å². The lowest BCUT2D eigenvalue weighted by Gasteiger charge is -2.34. The Morgan fingerprint density at radius 2 is 1.88 bits per heavy atom. The van der Waals surface area contributed by atoms with Gasteiger partial charge in [0.1, 0.15) is 5.52 Å². The zero-order valence-electron chi connectivity index (χ0n) is 13.8. The molecule has 0 atom stereocenters. The van der Waals surface area contributed by atoms with Gasteiger partial charge in [0, 0.05) is 32.7 Å². The Balaban J connectivity index is 1.38. The molecular formula is C18H19ClN6. The van der Waals surface area contributed by atoms with E-state index in [4.69, 9.17) is 11.6 Å². The molecule has 0 unspecified atom stereocenters. The van der Waals surface area contributed by atoms with Gasteiger partial charge in [-0.1, -0.05) is 42.5 Å². The van der Waals surface area contributed by atoms with E-state index < -0.39 is 0 Å². The number of benzene rings is 1. The number of hydrogen-bond acceptors (Lipinski definition) is 5. The summed E-state index contributed by atoms with van der Waals surface area (Å²) in [5.41, 5.74) is 2.70. The lowest BCUT2D eigenvalue weighted by molar-refractivity contribution is 0.284. The van der Waals surface area contributed by atoms with Crippen molar-refractivity contribution in [2.45, 2.75) is 0 Å². The van der Waals surface area contributed by atoms with E-state index in [0.717, 1.165) is 44.1 Å². The van der Waals surface area contributed by atoms with Crippen molar-refractivity contribution >= 4 is 34.7 Å². The molecule has 6 nitrogen and oxygen atoms in total. The fourth-order valence-electron chi connectivity index (χ4n) is 3.07. The molecular weight excluding hydrogens is 336 g/mol. The molecule has 0 saturated carbocycles. The first-order valence-corrected chi connectivity index (χ1v) is 8.73. The maximum atomic E-state index is 6.03. The van der Waals surface area contributed by atoms with Crippen molar-refractivity contribution in [3.05, 3.63) is 53.6 Å². The maximum Gasteiger partial charge on any atom is 0.226 e. The molecule has 3 heterocycles.